The summed E-state index contributed by atoms with van der Waals surface area (Å²) in [5.74, 6) is 5.58. The van der Waals surface area contributed by atoms with Gasteiger partial charge in [-0.15, -0.1) is 4.41 Å². The zero-order valence-corrected chi connectivity index (χ0v) is 25.9. The minimum Gasteiger partial charge on any atom is -0.490 e. The number of nitrogens with one attached hydrogen (secondary N) is 1. The number of ether oxygens (including phenoxy) is 1. The summed E-state index contributed by atoms with van der Waals surface area (Å²) >= 11 is -2.31. The van der Waals surface area contributed by atoms with Gasteiger partial charge in [-0.25, -0.2) is 9.22 Å². The van der Waals surface area contributed by atoms with Crippen LogP contribution < -0.4 is 15.0 Å². The summed E-state index contributed by atoms with van der Waals surface area (Å²) in [6.45, 7) is 8.04. The van der Waals surface area contributed by atoms with Crippen LogP contribution in [-0.2, 0) is 22.6 Å². The molecule has 1 aliphatic heterocycles. The SMILES string of the molecule is CC(C)Oc1ccc(C#Cc2ccc(N3CCN(N(C(C)CC(=O)O)S(=O)O)CC3)cc2)cc1C(=O)NCc1ccccc1. The van der Waals surface area contributed by atoms with Crippen LogP contribution >= 0.6 is 0 Å². The molecule has 0 spiro atoms. The van der Waals surface area contributed by atoms with Crippen LogP contribution in [0.2, 0.25) is 0 Å². The van der Waals surface area contributed by atoms with Crippen LogP contribution in [0, 0.1) is 11.8 Å². The fourth-order valence-electron chi connectivity index (χ4n) is 4.93. The fraction of sp³-hybridized carbons (Fsp3) is 0.333. The number of hydrazine groups is 1. The number of carboxylic acid groups (broad SMARTS) is 1. The molecule has 0 aromatic heterocycles. The lowest BCUT2D eigenvalue weighted by Gasteiger charge is -2.41. The van der Waals surface area contributed by atoms with E-state index in [1.54, 1.807) is 24.1 Å². The predicted molar refractivity (Wildman–Crippen MR) is 170 cm³/mol. The van der Waals surface area contributed by atoms with Crippen LogP contribution in [-0.4, -0.2) is 73.5 Å². The highest BCUT2D eigenvalue weighted by Crippen LogP contribution is 2.23. The second-order valence-electron chi connectivity index (χ2n) is 10.8. The summed E-state index contributed by atoms with van der Waals surface area (Å²) in [5, 5.41) is 13.8. The molecule has 0 bridgehead atoms. The van der Waals surface area contributed by atoms with Crippen molar-refractivity contribution in [3.63, 3.8) is 0 Å². The molecule has 1 saturated heterocycles. The number of benzene rings is 3. The van der Waals surface area contributed by atoms with Gasteiger partial charge in [0.25, 0.3) is 5.91 Å². The Kier molecular flexibility index (Phi) is 11.5. The molecule has 0 aliphatic carbocycles. The van der Waals surface area contributed by atoms with Crippen LogP contribution in [0.4, 0.5) is 5.69 Å². The molecule has 1 amide bonds. The van der Waals surface area contributed by atoms with E-state index in [2.05, 4.69) is 22.1 Å². The number of anilines is 1. The number of carbonyl (C=O) groups excluding carboxylic acids is 1. The van der Waals surface area contributed by atoms with Gasteiger partial charge in [-0.2, -0.15) is 0 Å². The molecule has 10 nitrogen and oxygen atoms in total. The monoisotopic (exact) mass is 618 g/mol. The second-order valence-corrected chi connectivity index (χ2v) is 11.6. The number of carboxylic acids is 1. The van der Waals surface area contributed by atoms with E-state index in [0.29, 0.717) is 49.6 Å². The average Bonchev–Trinajstić information content (AvgIpc) is 3.00. The molecule has 1 heterocycles. The number of piperazine rings is 1. The molecule has 2 unspecified atom stereocenters. The Balaban J connectivity index is 1.41. The first-order chi connectivity index (χ1) is 21.1. The van der Waals surface area contributed by atoms with Crippen molar-refractivity contribution in [3.8, 4) is 17.6 Å². The maximum atomic E-state index is 13.1. The largest absolute Gasteiger partial charge is 0.490 e. The van der Waals surface area contributed by atoms with E-state index < -0.39 is 23.3 Å². The molecule has 3 N–H and O–H groups in total. The lowest BCUT2D eigenvalue weighted by Crippen LogP contribution is -2.57. The van der Waals surface area contributed by atoms with Crippen molar-refractivity contribution in [2.24, 2.45) is 0 Å². The molecule has 44 heavy (non-hydrogen) atoms. The van der Waals surface area contributed by atoms with E-state index >= 15 is 0 Å². The van der Waals surface area contributed by atoms with Crippen molar-refractivity contribution in [2.75, 3.05) is 31.1 Å². The van der Waals surface area contributed by atoms with Crippen LogP contribution in [0.15, 0.2) is 72.8 Å². The average molecular weight is 619 g/mol. The summed E-state index contributed by atoms with van der Waals surface area (Å²) < 4.78 is 28.8. The van der Waals surface area contributed by atoms with Crippen molar-refractivity contribution < 1.29 is 28.2 Å². The van der Waals surface area contributed by atoms with E-state index in [1.807, 2.05) is 74.5 Å². The standard InChI is InChI=1S/C33H38N4O6S/c1-24(2)43-31-16-13-27(22-30(31)33(40)34-23-28-7-5-4-6-8-28)10-9-26-11-14-29(15-12-26)35-17-19-36(20-18-35)37(44(41)42)25(3)21-32(38)39/h4-8,11-16,22,24-25H,17-21,23H2,1-3H3,(H,34,40)(H,38,39)(H,41,42). The quantitative estimate of drug-likeness (QED) is 0.217. The maximum Gasteiger partial charge on any atom is 0.305 e. The molecule has 4 rings (SSSR count). The molecule has 2 atom stereocenters. The maximum absolute atomic E-state index is 13.1. The Morgan fingerprint density at radius 2 is 1.59 bits per heavy atom. The van der Waals surface area contributed by atoms with Crippen molar-refractivity contribution in [3.05, 3.63) is 95.1 Å². The number of carbonyl (C=O) groups is 2. The lowest BCUT2D eigenvalue weighted by molar-refractivity contribution is -0.139. The fourth-order valence-corrected chi connectivity index (χ4v) is 5.67. The smallest absolute Gasteiger partial charge is 0.305 e. The zero-order chi connectivity index (χ0) is 31.6. The Morgan fingerprint density at radius 1 is 0.955 bits per heavy atom. The number of rotatable bonds is 11. The predicted octanol–water partition coefficient (Wildman–Crippen LogP) is 4.14. The molecule has 3 aromatic rings. The molecule has 11 heteroatoms. The van der Waals surface area contributed by atoms with Crippen molar-refractivity contribution in [2.45, 2.75) is 45.9 Å². The van der Waals surface area contributed by atoms with Gasteiger partial charge in [0, 0.05) is 55.6 Å². The van der Waals surface area contributed by atoms with Crippen LogP contribution in [0.1, 0.15) is 54.2 Å². The molecule has 3 aromatic carbocycles. The number of aliphatic carboxylic acids is 1. The van der Waals surface area contributed by atoms with Crippen molar-refractivity contribution >= 4 is 28.8 Å². The van der Waals surface area contributed by atoms with Gasteiger partial charge in [0.2, 0.25) is 11.3 Å². The summed E-state index contributed by atoms with van der Waals surface area (Å²) in [6.07, 6.45) is -0.319. The normalized spacial score (nSPS) is 14.9. The van der Waals surface area contributed by atoms with Crippen LogP contribution in [0.5, 0.6) is 5.75 Å². The lowest BCUT2D eigenvalue weighted by atomic mass is 10.1. The van der Waals surface area contributed by atoms with Gasteiger partial charge >= 0.3 is 5.97 Å². The molecular formula is C33H38N4O6S. The number of hydrogen-bond donors (Lipinski definition) is 3. The van der Waals surface area contributed by atoms with Gasteiger partial charge in [0.1, 0.15) is 5.75 Å². The summed E-state index contributed by atoms with van der Waals surface area (Å²) in [5.41, 5.74) is 3.93. The summed E-state index contributed by atoms with van der Waals surface area (Å²) in [4.78, 5) is 26.4. The third-order valence-corrected chi connectivity index (χ3v) is 7.92. The summed E-state index contributed by atoms with van der Waals surface area (Å²) in [6, 6.07) is 22.3. The van der Waals surface area contributed by atoms with Crippen molar-refractivity contribution in [1.29, 1.82) is 0 Å². The van der Waals surface area contributed by atoms with E-state index in [1.165, 1.54) is 4.41 Å². The van der Waals surface area contributed by atoms with Gasteiger partial charge in [-0.3, -0.25) is 14.1 Å². The number of amides is 1. The first-order valence-corrected chi connectivity index (χ1v) is 15.5. The third kappa shape index (κ3) is 9.14. The van der Waals surface area contributed by atoms with Gasteiger partial charge in [0.15, 0.2) is 0 Å². The third-order valence-electron chi connectivity index (χ3n) is 7.01. The van der Waals surface area contributed by atoms with Gasteiger partial charge in [0.05, 0.1) is 18.1 Å². The van der Waals surface area contributed by atoms with E-state index in [0.717, 1.165) is 16.8 Å². The zero-order valence-electron chi connectivity index (χ0n) is 25.1. The highest BCUT2D eigenvalue weighted by atomic mass is 32.2. The Bertz CT molecular complexity index is 1510. The second kappa shape index (κ2) is 15.5. The molecule has 0 radical (unpaired) electrons. The highest BCUT2D eigenvalue weighted by molar-refractivity contribution is 7.76. The highest BCUT2D eigenvalue weighted by Gasteiger charge is 2.30. The van der Waals surface area contributed by atoms with E-state index in [4.69, 9.17) is 9.84 Å². The minimum atomic E-state index is -2.31. The van der Waals surface area contributed by atoms with Crippen LogP contribution in [0.3, 0.4) is 0 Å². The van der Waals surface area contributed by atoms with E-state index in [9.17, 15) is 18.4 Å². The number of hydrogen-bond acceptors (Lipinski definition) is 6. The molecular weight excluding hydrogens is 580 g/mol. The first-order valence-electron chi connectivity index (χ1n) is 14.5. The molecule has 1 fully saturated rings. The van der Waals surface area contributed by atoms with Gasteiger partial charge in [-0.05, 0) is 68.8 Å². The topological polar surface area (TPSA) is 123 Å². The Hall–Kier alpha value is -4.21. The number of nitrogens with zero attached hydrogens (tertiary/aromatic N) is 3. The minimum absolute atomic E-state index is 0.0906. The Morgan fingerprint density at radius 3 is 2.20 bits per heavy atom. The van der Waals surface area contributed by atoms with Gasteiger partial charge in [-0.1, -0.05) is 42.2 Å². The molecule has 1 aliphatic rings. The van der Waals surface area contributed by atoms with Gasteiger partial charge < -0.3 is 20.1 Å². The molecule has 232 valence electrons. The van der Waals surface area contributed by atoms with E-state index in [-0.39, 0.29) is 18.4 Å². The molecule has 0 saturated carbocycles. The summed E-state index contributed by atoms with van der Waals surface area (Å²) in [7, 11) is 0. The Labute approximate surface area is 261 Å². The van der Waals surface area contributed by atoms with Crippen molar-refractivity contribution in [1.82, 2.24) is 14.7 Å². The first kappa shape index (κ1) is 32.7. The van der Waals surface area contributed by atoms with Crippen LogP contribution in [0.25, 0.3) is 0 Å².